The molecule has 0 aromatic carbocycles. The van der Waals surface area contributed by atoms with Gasteiger partial charge < -0.3 is 0 Å². The van der Waals surface area contributed by atoms with Crippen molar-refractivity contribution in [1.29, 1.82) is 0 Å². The SMILES string of the molecule is CCCCCCCCCc1n(CCCCCC)cc[n+]1CCCCCCCCC. The van der Waals surface area contributed by atoms with E-state index in [1.54, 1.807) is 5.82 Å². The van der Waals surface area contributed by atoms with Gasteiger partial charge in [0.2, 0.25) is 0 Å². The summed E-state index contributed by atoms with van der Waals surface area (Å²) in [4.78, 5) is 0. The topological polar surface area (TPSA) is 8.81 Å². The standard InChI is InChI=1S/C27H53N2/c1-4-7-10-13-15-17-19-22-27-28(23-20-12-9-6-3)25-26-29(27)24-21-18-16-14-11-8-5-2/h25-26H,4-24H2,1-3H3/q+1. The van der Waals surface area contributed by atoms with Crippen molar-refractivity contribution in [3.63, 3.8) is 0 Å². The number of rotatable bonds is 21. The first kappa shape index (κ1) is 26.2. The lowest BCUT2D eigenvalue weighted by molar-refractivity contribution is -0.704. The van der Waals surface area contributed by atoms with Gasteiger partial charge in [0.1, 0.15) is 12.4 Å². The Bertz CT molecular complexity index is 463. The minimum atomic E-state index is 1.22. The zero-order valence-electron chi connectivity index (χ0n) is 20.4. The molecule has 0 unspecified atom stereocenters. The van der Waals surface area contributed by atoms with Gasteiger partial charge in [-0.25, -0.2) is 9.13 Å². The van der Waals surface area contributed by atoms with Gasteiger partial charge in [-0.1, -0.05) is 104 Å². The molecule has 1 aromatic rings. The highest BCUT2D eigenvalue weighted by atomic mass is 15.1. The molecule has 1 aromatic heterocycles. The molecule has 0 radical (unpaired) electrons. The maximum Gasteiger partial charge on any atom is 0.256 e. The van der Waals surface area contributed by atoms with Crippen LogP contribution >= 0.6 is 0 Å². The Labute approximate surface area is 183 Å². The zero-order valence-corrected chi connectivity index (χ0v) is 20.4. The number of imidazole rings is 1. The fraction of sp³-hybridized carbons (Fsp3) is 0.889. The van der Waals surface area contributed by atoms with Crippen LogP contribution in [0.4, 0.5) is 0 Å². The van der Waals surface area contributed by atoms with Gasteiger partial charge in [-0.3, -0.25) is 0 Å². The minimum absolute atomic E-state index is 1.22. The van der Waals surface area contributed by atoms with E-state index in [9.17, 15) is 0 Å². The summed E-state index contributed by atoms with van der Waals surface area (Å²) in [6.07, 6.45) is 31.1. The molecular weight excluding hydrogens is 352 g/mol. The monoisotopic (exact) mass is 405 g/mol. The summed E-state index contributed by atoms with van der Waals surface area (Å²) in [5, 5.41) is 0. The van der Waals surface area contributed by atoms with E-state index in [0.717, 1.165) is 0 Å². The Morgan fingerprint density at radius 3 is 1.66 bits per heavy atom. The van der Waals surface area contributed by atoms with Gasteiger partial charge >= 0.3 is 0 Å². The van der Waals surface area contributed by atoms with Crippen molar-refractivity contribution < 1.29 is 4.57 Å². The van der Waals surface area contributed by atoms with Crippen molar-refractivity contribution in [2.75, 3.05) is 0 Å². The van der Waals surface area contributed by atoms with Gasteiger partial charge in [0.15, 0.2) is 0 Å². The highest BCUT2D eigenvalue weighted by Gasteiger charge is 2.16. The largest absolute Gasteiger partial charge is 0.256 e. The Balaban J connectivity index is 2.41. The molecule has 0 saturated carbocycles. The minimum Gasteiger partial charge on any atom is -0.234 e. The molecule has 1 heterocycles. The second kappa shape index (κ2) is 19.2. The molecule has 0 fully saturated rings. The quantitative estimate of drug-likeness (QED) is 0.143. The molecule has 2 nitrogen and oxygen atoms in total. The molecule has 2 heteroatoms. The summed E-state index contributed by atoms with van der Waals surface area (Å²) in [6.45, 7) is 9.35. The highest BCUT2D eigenvalue weighted by Crippen LogP contribution is 2.12. The summed E-state index contributed by atoms with van der Waals surface area (Å²) < 4.78 is 5.16. The van der Waals surface area contributed by atoms with Crippen molar-refractivity contribution in [3.8, 4) is 0 Å². The Hall–Kier alpha value is -0.790. The first-order valence-corrected chi connectivity index (χ1v) is 13.4. The second-order valence-electron chi connectivity index (χ2n) is 9.15. The molecule has 0 aliphatic heterocycles. The maximum atomic E-state index is 2.59. The molecule has 0 aliphatic rings. The summed E-state index contributed by atoms with van der Waals surface area (Å²) in [5.41, 5.74) is 0. The second-order valence-corrected chi connectivity index (χ2v) is 9.15. The average Bonchev–Trinajstić information content (AvgIpc) is 3.11. The summed E-state index contributed by atoms with van der Waals surface area (Å²) in [7, 11) is 0. The Kier molecular flexibility index (Phi) is 17.4. The van der Waals surface area contributed by atoms with Crippen molar-refractivity contribution >= 4 is 0 Å². The van der Waals surface area contributed by atoms with Crippen LogP contribution in [0.25, 0.3) is 0 Å². The molecular formula is C27H53N2+. The van der Waals surface area contributed by atoms with Crippen LogP contribution in [0.15, 0.2) is 12.4 Å². The molecule has 0 bridgehead atoms. The fourth-order valence-corrected chi connectivity index (χ4v) is 4.38. The summed E-state index contributed by atoms with van der Waals surface area (Å²) >= 11 is 0. The summed E-state index contributed by atoms with van der Waals surface area (Å²) in [5.74, 6) is 1.60. The van der Waals surface area contributed by atoms with E-state index >= 15 is 0 Å². The highest BCUT2D eigenvalue weighted by molar-refractivity contribution is 4.84. The molecule has 170 valence electrons. The molecule has 1 rings (SSSR count). The Morgan fingerprint density at radius 1 is 0.586 bits per heavy atom. The van der Waals surface area contributed by atoms with Crippen LogP contribution in [0, 0.1) is 0 Å². The maximum absolute atomic E-state index is 2.59. The van der Waals surface area contributed by atoms with E-state index in [1.807, 2.05) is 0 Å². The van der Waals surface area contributed by atoms with Crippen molar-refractivity contribution in [2.45, 2.75) is 156 Å². The Morgan fingerprint density at radius 2 is 1.07 bits per heavy atom. The molecule has 0 amide bonds. The molecule has 0 aliphatic carbocycles. The molecule has 0 atom stereocenters. The van der Waals surface area contributed by atoms with E-state index in [4.69, 9.17) is 0 Å². The summed E-state index contributed by atoms with van der Waals surface area (Å²) in [6, 6.07) is 0. The normalized spacial score (nSPS) is 11.4. The third-order valence-electron chi connectivity index (χ3n) is 6.35. The predicted octanol–water partition coefficient (Wildman–Crippen LogP) is 8.40. The number of aryl methyl sites for hydroxylation is 2. The van der Waals surface area contributed by atoms with Crippen molar-refractivity contribution in [3.05, 3.63) is 18.2 Å². The van der Waals surface area contributed by atoms with Gasteiger partial charge in [0.05, 0.1) is 13.1 Å². The first-order chi connectivity index (χ1) is 14.3. The van der Waals surface area contributed by atoms with Gasteiger partial charge in [-0.15, -0.1) is 0 Å². The predicted molar refractivity (Wildman–Crippen MR) is 128 cm³/mol. The van der Waals surface area contributed by atoms with E-state index < -0.39 is 0 Å². The average molecular weight is 406 g/mol. The lowest BCUT2D eigenvalue weighted by atomic mass is 10.1. The fourth-order valence-electron chi connectivity index (χ4n) is 4.38. The molecule has 29 heavy (non-hydrogen) atoms. The van der Waals surface area contributed by atoms with E-state index in [-0.39, 0.29) is 0 Å². The molecule has 0 saturated heterocycles. The number of aromatic nitrogens is 2. The first-order valence-electron chi connectivity index (χ1n) is 13.4. The van der Waals surface area contributed by atoms with Crippen LogP contribution in [0.2, 0.25) is 0 Å². The number of hydrogen-bond donors (Lipinski definition) is 0. The van der Waals surface area contributed by atoms with Crippen molar-refractivity contribution in [2.24, 2.45) is 0 Å². The van der Waals surface area contributed by atoms with Crippen LogP contribution in [0.3, 0.4) is 0 Å². The lowest BCUT2D eigenvalue weighted by Crippen LogP contribution is -2.37. The lowest BCUT2D eigenvalue weighted by Gasteiger charge is -2.07. The number of hydrogen-bond acceptors (Lipinski definition) is 0. The zero-order chi connectivity index (χ0) is 21.0. The van der Waals surface area contributed by atoms with Crippen LogP contribution in [-0.2, 0) is 19.5 Å². The van der Waals surface area contributed by atoms with Crippen LogP contribution in [0.1, 0.15) is 142 Å². The number of nitrogens with zero attached hydrogens (tertiary/aromatic N) is 2. The van der Waals surface area contributed by atoms with E-state index in [0.29, 0.717) is 0 Å². The van der Waals surface area contributed by atoms with Gasteiger partial charge in [0, 0.05) is 6.42 Å². The van der Waals surface area contributed by atoms with Crippen LogP contribution in [-0.4, -0.2) is 4.57 Å². The third-order valence-corrected chi connectivity index (χ3v) is 6.35. The third kappa shape index (κ3) is 13.2. The van der Waals surface area contributed by atoms with Crippen molar-refractivity contribution in [1.82, 2.24) is 4.57 Å². The van der Waals surface area contributed by atoms with E-state index in [2.05, 4.69) is 42.3 Å². The smallest absolute Gasteiger partial charge is 0.234 e. The van der Waals surface area contributed by atoms with Crippen LogP contribution in [0.5, 0.6) is 0 Å². The number of unbranched alkanes of at least 4 members (excludes halogenated alkanes) is 15. The van der Waals surface area contributed by atoms with E-state index in [1.165, 1.54) is 135 Å². The van der Waals surface area contributed by atoms with Gasteiger partial charge in [0.25, 0.3) is 5.82 Å². The van der Waals surface area contributed by atoms with Gasteiger partial charge in [-0.2, -0.15) is 0 Å². The molecule has 0 N–H and O–H groups in total. The van der Waals surface area contributed by atoms with Gasteiger partial charge in [-0.05, 0) is 32.1 Å². The van der Waals surface area contributed by atoms with Crippen LogP contribution < -0.4 is 4.57 Å². The molecule has 0 spiro atoms.